The number of aromatic amines is 1. The van der Waals surface area contributed by atoms with Gasteiger partial charge in [-0.2, -0.15) is 5.09 Å². The lowest BCUT2D eigenvalue weighted by Crippen LogP contribution is -2.36. The molecule has 1 fully saturated rings. The molecular formula is C25H35N6O8P. The van der Waals surface area contributed by atoms with Crippen molar-refractivity contribution in [1.82, 2.24) is 14.6 Å². The summed E-state index contributed by atoms with van der Waals surface area (Å²) in [6.45, 7) is 4.74. The minimum Gasteiger partial charge on any atom is -0.468 e. The van der Waals surface area contributed by atoms with E-state index in [-0.39, 0.29) is 18.8 Å². The highest BCUT2D eigenvalue weighted by Gasteiger charge is 2.40. The summed E-state index contributed by atoms with van der Waals surface area (Å²) in [5, 5.41) is 6.31. The highest BCUT2D eigenvalue weighted by molar-refractivity contribution is 7.52. The smallest absolute Gasteiger partial charge is 0.459 e. The number of aromatic nitrogens is 2. The third kappa shape index (κ3) is 8.30. The van der Waals surface area contributed by atoms with E-state index >= 15 is 0 Å². The zero-order valence-electron chi connectivity index (χ0n) is 22.9. The fourth-order valence-electron chi connectivity index (χ4n) is 4.19. The number of methoxy groups -OCH3 is 1. The molecule has 0 bridgehead atoms. The van der Waals surface area contributed by atoms with Crippen LogP contribution in [0.25, 0.3) is 10.4 Å². The van der Waals surface area contributed by atoms with Gasteiger partial charge in [0.2, 0.25) is 0 Å². The van der Waals surface area contributed by atoms with Gasteiger partial charge in [0.1, 0.15) is 18.0 Å². The highest BCUT2D eigenvalue weighted by atomic mass is 31.2. The van der Waals surface area contributed by atoms with Gasteiger partial charge in [-0.1, -0.05) is 37.0 Å². The van der Waals surface area contributed by atoms with Crippen LogP contribution in [0.1, 0.15) is 56.9 Å². The van der Waals surface area contributed by atoms with Gasteiger partial charge in [-0.05, 0) is 49.9 Å². The third-order valence-electron chi connectivity index (χ3n) is 6.39. The van der Waals surface area contributed by atoms with Crippen molar-refractivity contribution in [2.24, 2.45) is 5.11 Å². The van der Waals surface area contributed by atoms with Crippen molar-refractivity contribution in [3.8, 4) is 5.75 Å². The molecule has 2 aromatic rings. The lowest BCUT2D eigenvalue weighted by atomic mass is 10.1. The van der Waals surface area contributed by atoms with Crippen LogP contribution in [0, 0.1) is 6.92 Å². The van der Waals surface area contributed by atoms with Crippen LogP contribution in [0.3, 0.4) is 0 Å². The molecule has 0 aliphatic carbocycles. The molecule has 1 aliphatic heterocycles. The maximum absolute atomic E-state index is 13.8. The average molecular weight is 579 g/mol. The molecule has 1 saturated heterocycles. The number of benzene rings is 1. The van der Waals surface area contributed by atoms with E-state index < -0.39 is 49.4 Å². The second-order valence-electron chi connectivity index (χ2n) is 9.48. The quantitative estimate of drug-likeness (QED) is 0.0837. The first-order chi connectivity index (χ1) is 19.1. The fourth-order valence-corrected chi connectivity index (χ4v) is 5.69. The number of H-pyrrole nitrogens is 1. The number of nitrogens with zero attached hydrogens (tertiary/aromatic N) is 4. The minimum atomic E-state index is -4.20. The zero-order chi connectivity index (χ0) is 29.3. The van der Waals surface area contributed by atoms with Crippen LogP contribution >= 0.6 is 7.75 Å². The largest absolute Gasteiger partial charge is 0.468 e. The van der Waals surface area contributed by atoms with Crippen molar-refractivity contribution in [3.63, 3.8) is 0 Å². The first-order valence-corrected chi connectivity index (χ1v) is 14.5. The van der Waals surface area contributed by atoms with Crippen LogP contribution in [-0.4, -0.2) is 47.4 Å². The number of unbranched alkanes of at least 4 members (excludes halogenated alkanes) is 2. The minimum absolute atomic E-state index is 0.0973. The molecule has 40 heavy (non-hydrogen) atoms. The van der Waals surface area contributed by atoms with Gasteiger partial charge in [-0.25, -0.2) is 9.36 Å². The summed E-state index contributed by atoms with van der Waals surface area (Å²) in [4.78, 5) is 41.2. The maximum Gasteiger partial charge on any atom is 0.459 e. The first kappa shape index (κ1) is 31.1. The predicted molar refractivity (Wildman–Crippen MR) is 146 cm³/mol. The summed E-state index contributed by atoms with van der Waals surface area (Å²) in [5.41, 5.74) is 9.23. The van der Waals surface area contributed by atoms with Gasteiger partial charge >= 0.3 is 19.4 Å². The molecule has 0 amide bonds. The summed E-state index contributed by atoms with van der Waals surface area (Å²) in [5.74, 6) is -0.435. The molecule has 218 valence electrons. The van der Waals surface area contributed by atoms with Crippen LogP contribution in [-0.2, 0) is 29.8 Å². The Kier molecular flexibility index (Phi) is 11.1. The Bertz CT molecular complexity index is 1370. The number of aryl methyl sites for hydroxylation is 2. The summed E-state index contributed by atoms with van der Waals surface area (Å²) >= 11 is 0. The Morgan fingerprint density at radius 1 is 1.32 bits per heavy atom. The molecule has 2 heterocycles. The van der Waals surface area contributed by atoms with Crippen molar-refractivity contribution in [2.75, 3.05) is 13.7 Å². The number of hydrogen-bond acceptors (Lipinski definition) is 9. The second kappa shape index (κ2) is 14.3. The normalized spacial score (nSPS) is 20.8. The number of rotatable bonds is 14. The van der Waals surface area contributed by atoms with Gasteiger partial charge < -0.3 is 14.0 Å². The molecular weight excluding hydrogens is 543 g/mol. The number of nitrogens with one attached hydrogen (secondary N) is 2. The molecule has 0 saturated carbocycles. The summed E-state index contributed by atoms with van der Waals surface area (Å²) in [6.07, 6.45) is 3.83. The number of azide groups is 1. The first-order valence-electron chi connectivity index (χ1n) is 13.0. The number of ether oxygens (including phenoxy) is 2. The third-order valence-corrected chi connectivity index (χ3v) is 8.04. The van der Waals surface area contributed by atoms with Gasteiger partial charge in [-0.3, -0.25) is 23.7 Å². The highest BCUT2D eigenvalue weighted by Crippen LogP contribution is 2.46. The topological polar surface area (TPSA) is 187 Å². The Labute approximate surface area is 231 Å². The predicted octanol–water partition coefficient (Wildman–Crippen LogP) is 3.90. The van der Waals surface area contributed by atoms with Gasteiger partial charge in [0.15, 0.2) is 0 Å². The molecule has 1 aromatic carbocycles. The van der Waals surface area contributed by atoms with Crippen molar-refractivity contribution >= 4 is 13.7 Å². The van der Waals surface area contributed by atoms with Gasteiger partial charge in [-0.15, -0.1) is 0 Å². The van der Waals surface area contributed by atoms with Gasteiger partial charge in [0.05, 0.1) is 25.9 Å². The molecule has 15 heteroatoms. The monoisotopic (exact) mass is 578 g/mol. The lowest BCUT2D eigenvalue weighted by molar-refractivity contribution is -0.142. The van der Waals surface area contributed by atoms with E-state index in [4.69, 9.17) is 24.1 Å². The molecule has 14 nitrogen and oxygen atoms in total. The molecule has 5 atom stereocenters. The lowest BCUT2D eigenvalue weighted by Gasteiger charge is -2.24. The number of carbonyl (C=O) groups excluding carboxylic acids is 1. The van der Waals surface area contributed by atoms with Crippen LogP contribution < -0.4 is 20.9 Å². The molecule has 0 radical (unpaired) electrons. The van der Waals surface area contributed by atoms with Crippen LogP contribution in [0.15, 0.2) is 45.2 Å². The maximum atomic E-state index is 13.8. The fraction of sp³-hybridized carbons (Fsp3) is 0.560. The van der Waals surface area contributed by atoms with E-state index in [1.54, 1.807) is 12.1 Å². The van der Waals surface area contributed by atoms with Gasteiger partial charge in [0.25, 0.3) is 5.56 Å². The number of carbonyl (C=O) groups is 1. The number of hydrogen-bond donors (Lipinski definition) is 2. The Morgan fingerprint density at radius 2 is 2.05 bits per heavy atom. The number of esters is 1. The SMILES string of the molecule is CCCCCc1ccc(OP(=O)(NC(C)C(=O)OC)OC[C@H]2O[C@@H](n3cc(C)c(=O)[nH]c3=O)C[C@@H]2N=[N+]=[N-])cc1. The zero-order valence-corrected chi connectivity index (χ0v) is 23.8. The van der Waals surface area contributed by atoms with E-state index in [0.717, 1.165) is 31.2 Å². The van der Waals surface area contributed by atoms with Crippen molar-refractivity contribution in [2.45, 2.75) is 77.3 Å². The molecule has 0 spiro atoms. The van der Waals surface area contributed by atoms with Crippen LogP contribution in [0.4, 0.5) is 0 Å². The Morgan fingerprint density at radius 3 is 2.70 bits per heavy atom. The Balaban J connectivity index is 1.78. The van der Waals surface area contributed by atoms with Gasteiger partial charge in [0, 0.05) is 23.1 Å². The van der Waals surface area contributed by atoms with E-state index in [9.17, 15) is 18.9 Å². The van der Waals surface area contributed by atoms with Crippen molar-refractivity contribution < 1.29 is 27.9 Å². The molecule has 2 N–H and O–H groups in total. The standard InChI is InChI=1S/C25H35N6O8P/c1-5-6-7-8-18-9-11-19(12-10-18)39-40(35,29-17(3)24(33)36-4)37-15-21-20(28-30-26)13-22(38-21)31-14-16(2)23(32)27-25(31)34/h9-12,14,17,20-22H,5-8,13,15H2,1-4H3,(H,29,35)(H,27,32,34)/t17?,20-,21+,22+,40?/m0/s1. The molecule has 1 aromatic heterocycles. The molecule has 1 aliphatic rings. The molecule has 3 rings (SSSR count). The average Bonchev–Trinajstić information content (AvgIpc) is 3.32. The van der Waals surface area contributed by atoms with Crippen molar-refractivity contribution in [3.05, 3.63) is 72.9 Å². The van der Waals surface area contributed by atoms with E-state index in [1.807, 2.05) is 12.1 Å². The van der Waals surface area contributed by atoms with E-state index in [2.05, 4.69) is 27.0 Å². The summed E-state index contributed by atoms with van der Waals surface area (Å²) in [7, 11) is -3.00. The van der Waals surface area contributed by atoms with E-state index in [1.165, 1.54) is 31.7 Å². The second-order valence-corrected chi connectivity index (χ2v) is 11.2. The summed E-state index contributed by atoms with van der Waals surface area (Å²) in [6, 6.07) is 5.23. The van der Waals surface area contributed by atoms with Crippen molar-refractivity contribution in [1.29, 1.82) is 0 Å². The van der Waals surface area contributed by atoms with Crippen LogP contribution in [0.2, 0.25) is 0 Å². The summed E-state index contributed by atoms with van der Waals surface area (Å²) < 4.78 is 37.0. The van der Waals surface area contributed by atoms with E-state index in [0.29, 0.717) is 5.56 Å². The van der Waals surface area contributed by atoms with Crippen LogP contribution in [0.5, 0.6) is 5.75 Å². The molecule has 2 unspecified atom stereocenters. The Hall–Kier alpha value is -3.41.